The zero-order chi connectivity index (χ0) is 14.5. The summed E-state index contributed by atoms with van der Waals surface area (Å²) in [6.45, 7) is 2.76. The van der Waals surface area contributed by atoms with E-state index >= 15 is 0 Å². The monoisotopic (exact) mass is 287 g/mol. The number of nitrogens with zero attached hydrogens (tertiary/aromatic N) is 1. The summed E-state index contributed by atoms with van der Waals surface area (Å²) < 4.78 is 10.8. The molecule has 1 aromatic heterocycles. The number of ether oxygens (including phenoxy) is 2. The van der Waals surface area contributed by atoms with Crippen LogP contribution in [0.15, 0.2) is 30.3 Å². The highest BCUT2D eigenvalue weighted by molar-refractivity contribution is 5.31. The maximum absolute atomic E-state index is 5.73. The maximum Gasteiger partial charge on any atom is 0.119 e. The molecule has 2 N–H and O–H groups in total. The molecule has 0 amide bonds. The lowest BCUT2D eigenvalue weighted by Crippen LogP contribution is -2.08. The van der Waals surface area contributed by atoms with Crippen molar-refractivity contribution in [2.45, 2.75) is 18.8 Å². The molecule has 0 bridgehead atoms. The van der Waals surface area contributed by atoms with Crippen LogP contribution in [-0.4, -0.2) is 37.0 Å². The fourth-order valence-corrected chi connectivity index (χ4v) is 2.57. The van der Waals surface area contributed by atoms with Crippen molar-refractivity contribution in [2.24, 2.45) is 0 Å². The fourth-order valence-electron chi connectivity index (χ4n) is 2.57. The molecule has 21 heavy (non-hydrogen) atoms. The summed E-state index contributed by atoms with van der Waals surface area (Å²) in [4.78, 5) is 0. The Morgan fingerprint density at radius 3 is 2.76 bits per heavy atom. The largest absolute Gasteiger partial charge is 0.497 e. The van der Waals surface area contributed by atoms with Gasteiger partial charge in [0.05, 0.1) is 19.4 Å². The molecule has 0 radical (unpaired) electrons. The highest BCUT2D eigenvalue weighted by Crippen LogP contribution is 2.21. The van der Waals surface area contributed by atoms with Gasteiger partial charge in [0.15, 0.2) is 0 Å². The van der Waals surface area contributed by atoms with E-state index in [0.29, 0.717) is 12.5 Å². The number of hydrogen-bond donors (Lipinski definition) is 2. The van der Waals surface area contributed by atoms with Gasteiger partial charge in [0.25, 0.3) is 0 Å². The molecular weight excluding hydrogens is 266 g/mol. The summed E-state index contributed by atoms with van der Waals surface area (Å²) in [6.07, 6.45) is 2.01. The van der Waals surface area contributed by atoms with Crippen LogP contribution in [0.2, 0.25) is 0 Å². The highest BCUT2D eigenvalue weighted by Gasteiger charge is 2.19. The third kappa shape index (κ3) is 3.55. The molecule has 1 aliphatic heterocycles. The summed E-state index contributed by atoms with van der Waals surface area (Å²) in [5.41, 5.74) is 2.30. The lowest BCUT2D eigenvalue weighted by atomic mass is 10.0. The minimum absolute atomic E-state index is 0.553. The Bertz CT molecular complexity index is 559. The van der Waals surface area contributed by atoms with Crippen molar-refractivity contribution in [3.05, 3.63) is 41.7 Å². The van der Waals surface area contributed by atoms with E-state index in [1.165, 1.54) is 12.1 Å². The number of rotatable bonds is 6. The van der Waals surface area contributed by atoms with Gasteiger partial charge in [-0.25, -0.2) is 0 Å². The van der Waals surface area contributed by atoms with Crippen molar-refractivity contribution in [1.82, 2.24) is 15.5 Å². The van der Waals surface area contributed by atoms with Gasteiger partial charge >= 0.3 is 0 Å². The van der Waals surface area contributed by atoms with Crippen LogP contribution in [0.5, 0.6) is 11.5 Å². The summed E-state index contributed by atoms with van der Waals surface area (Å²) in [6, 6.07) is 9.80. The molecule has 112 valence electrons. The maximum atomic E-state index is 5.73. The van der Waals surface area contributed by atoms with Gasteiger partial charge in [-0.05, 0) is 43.3 Å². The Hall–Kier alpha value is -2.01. The molecule has 0 spiro atoms. The topological polar surface area (TPSA) is 59.2 Å². The van der Waals surface area contributed by atoms with Gasteiger partial charge in [0.2, 0.25) is 0 Å². The normalized spacial score (nSPS) is 17.9. The minimum Gasteiger partial charge on any atom is -0.497 e. The van der Waals surface area contributed by atoms with E-state index in [4.69, 9.17) is 9.47 Å². The fraction of sp³-hybridized carbons (Fsp3) is 0.438. The first kappa shape index (κ1) is 13.9. The van der Waals surface area contributed by atoms with Gasteiger partial charge in [-0.15, -0.1) is 0 Å². The molecular formula is C16H21N3O2. The van der Waals surface area contributed by atoms with Gasteiger partial charge in [0, 0.05) is 24.6 Å². The average molecular weight is 287 g/mol. The van der Waals surface area contributed by atoms with Crippen molar-refractivity contribution < 1.29 is 9.47 Å². The first-order valence-corrected chi connectivity index (χ1v) is 7.37. The molecule has 5 nitrogen and oxygen atoms in total. The molecule has 2 aromatic rings. The number of aromatic nitrogens is 2. The first-order valence-electron chi connectivity index (χ1n) is 7.37. The van der Waals surface area contributed by atoms with E-state index in [-0.39, 0.29) is 0 Å². The Balaban J connectivity index is 1.48. The summed E-state index contributed by atoms with van der Waals surface area (Å²) in [5, 5.41) is 10.9. The highest BCUT2D eigenvalue weighted by atomic mass is 16.5. The van der Waals surface area contributed by atoms with Crippen LogP contribution in [0.25, 0.3) is 0 Å². The van der Waals surface area contributed by atoms with Crippen molar-refractivity contribution >= 4 is 0 Å². The van der Waals surface area contributed by atoms with E-state index in [0.717, 1.165) is 36.7 Å². The van der Waals surface area contributed by atoms with Crippen LogP contribution >= 0.6 is 0 Å². The van der Waals surface area contributed by atoms with E-state index in [2.05, 4.69) is 21.6 Å². The summed E-state index contributed by atoms with van der Waals surface area (Å²) in [7, 11) is 1.66. The first-order chi connectivity index (χ1) is 10.3. The smallest absolute Gasteiger partial charge is 0.119 e. The van der Waals surface area contributed by atoms with E-state index in [1.807, 2.05) is 24.3 Å². The van der Waals surface area contributed by atoms with Crippen molar-refractivity contribution in [1.29, 1.82) is 0 Å². The SMILES string of the molecule is COc1ccc(OCCc2cc(C3CCNC3)n[nH]2)cc1. The van der Waals surface area contributed by atoms with Crippen LogP contribution in [0.3, 0.4) is 0 Å². The Labute approximate surface area is 124 Å². The van der Waals surface area contributed by atoms with Crippen LogP contribution in [0, 0.1) is 0 Å². The molecule has 1 aromatic carbocycles. The van der Waals surface area contributed by atoms with E-state index in [1.54, 1.807) is 7.11 Å². The van der Waals surface area contributed by atoms with Gasteiger partial charge in [-0.3, -0.25) is 5.10 Å². The molecule has 1 saturated heterocycles. The third-order valence-corrected chi connectivity index (χ3v) is 3.83. The van der Waals surface area contributed by atoms with Crippen molar-refractivity contribution in [3.63, 3.8) is 0 Å². The van der Waals surface area contributed by atoms with E-state index in [9.17, 15) is 0 Å². The molecule has 5 heteroatoms. The second-order valence-electron chi connectivity index (χ2n) is 5.28. The van der Waals surface area contributed by atoms with Crippen LogP contribution in [0.1, 0.15) is 23.7 Å². The third-order valence-electron chi connectivity index (χ3n) is 3.83. The second-order valence-corrected chi connectivity index (χ2v) is 5.28. The zero-order valence-electron chi connectivity index (χ0n) is 12.3. The molecule has 0 saturated carbocycles. The van der Waals surface area contributed by atoms with Gasteiger partial charge in [-0.2, -0.15) is 5.10 Å². The van der Waals surface area contributed by atoms with Crippen molar-refractivity contribution in [3.8, 4) is 11.5 Å². The molecule has 0 aliphatic carbocycles. The number of H-pyrrole nitrogens is 1. The molecule has 1 unspecified atom stereocenters. The lowest BCUT2D eigenvalue weighted by Gasteiger charge is -2.06. The van der Waals surface area contributed by atoms with Gasteiger partial charge in [0.1, 0.15) is 11.5 Å². The summed E-state index contributed by atoms with van der Waals surface area (Å²) in [5.74, 6) is 2.25. The Kier molecular flexibility index (Phi) is 4.40. The molecule has 3 rings (SSSR count). The Morgan fingerprint density at radius 1 is 1.24 bits per heavy atom. The second kappa shape index (κ2) is 6.63. The number of aromatic amines is 1. The zero-order valence-corrected chi connectivity index (χ0v) is 12.3. The van der Waals surface area contributed by atoms with Gasteiger partial charge in [-0.1, -0.05) is 0 Å². The quantitative estimate of drug-likeness (QED) is 0.854. The molecule has 2 heterocycles. The van der Waals surface area contributed by atoms with E-state index < -0.39 is 0 Å². The minimum atomic E-state index is 0.553. The number of hydrogen-bond acceptors (Lipinski definition) is 4. The van der Waals surface area contributed by atoms with Crippen molar-refractivity contribution in [2.75, 3.05) is 26.8 Å². The molecule has 1 aliphatic rings. The van der Waals surface area contributed by atoms with Crippen LogP contribution < -0.4 is 14.8 Å². The molecule has 1 fully saturated rings. The number of methoxy groups -OCH3 is 1. The predicted octanol–water partition coefficient (Wildman–Crippen LogP) is 2.12. The lowest BCUT2D eigenvalue weighted by molar-refractivity contribution is 0.319. The standard InChI is InChI=1S/C16H21N3O2/c1-20-14-2-4-15(5-3-14)21-9-7-13-10-16(19-18-13)12-6-8-17-11-12/h2-5,10,12,17H,6-9,11H2,1H3,(H,18,19). The average Bonchev–Trinajstić information content (AvgIpc) is 3.19. The molecule has 1 atom stereocenters. The Morgan fingerprint density at radius 2 is 2.05 bits per heavy atom. The number of nitrogens with one attached hydrogen (secondary N) is 2. The predicted molar refractivity (Wildman–Crippen MR) is 81.0 cm³/mol. The summed E-state index contributed by atoms with van der Waals surface area (Å²) >= 11 is 0. The van der Waals surface area contributed by atoms with Crippen LogP contribution in [-0.2, 0) is 6.42 Å². The van der Waals surface area contributed by atoms with Gasteiger partial charge < -0.3 is 14.8 Å². The number of benzene rings is 1. The van der Waals surface area contributed by atoms with Crippen LogP contribution in [0.4, 0.5) is 0 Å².